The van der Waals surface area contributed by atoms with Crippen molar-refractivity contribution in [1.29, 1.82) is 0 Å². The fourth-order valence-corrected chi connectivity index (χ4v) is 1.55. The smallest absolute Gasteiger partial charge is 0.177 e. The molecule has 0 saturated carbocycles. The third-order valence-electron chi connectivity index (χ3n) is 1.48. The van der Waals surface area contributed by atoms with Gasteiger partial charge < -0.3 is 15.7 Å². The molecule has 0 fully saturated rings. The lowest BCUT2D eigenvalue weighted by Gasteiger charge is -2.07. The van der Waals surface area contributed by atoms with Crippen LogP contribution < -0.4 is 10.5 Å². The first-order valence-electron chi connectivity index (χ1n) is 3.78. The summed E-state index contributed by atoms with van der Waals surface area (Å²) in [6.45, 7) is -0.143. The lowest BCUT2D eigenvalue weighted by Crippen LogP contribution is -2.21. The zero-order chi connectivity index (χ0) is 11.4. The van der Waals surface area contributed by atoms with Crippen LogP contribution in [0.15, 0.2) is 21.8 Å². The van der Waals surface area contributed by atoms with Crippen molar-refractivity contribution in [3.05, 3.63) is 27.4 Å². The van der Waals surface area contributed by atoms with E-state index < -0.39 is 5.82 Å². The van der Waals surface area contributed by atoms with Crippen LogP contribution in [0.2, 0.25) is 5.02 Å². The Morgan fingerprint density at radius 2 is 2.33 bits per heavy atom. The van der Waals surface area contributed by atoms with Crippen molar-refractivity contribution < 1.29 is 14.3 Å². The van der Waals surface area contributed by atoms with E-state index in [-0.39, 0.29) is 23.2 Å². The zero-order valence-electron chi connectivity index (χ0n) is 7.38. The van der Waals surface area contributed by atoms with Crippen LogP contribution in [-0.2, 0) is 0 Å². The number of halogens is 3. The molecular formula is C8H7BrClFN2O2. The van der Waals surface area contributed by atoms with Gasteiger partial charge in [0.05, 0.1) is 9.50 Å². The van der Waals surface area contributed by atoms with E-state index in [2.05, 4.69) is 21.1 Å². The summed E-state index contributed by atoms with van der Waals surface area (Å²) in [4.78, 5) is 0. The Labute approximate surface area is 98.6 Å². The molecule has 0 bridgehead atoms. The van der Waals surface area contributed by atoms with Crippen molar-refractivity contribution in [3.63, 3.8) is 0 Å². The summed E-state index contributed by atoms with van der Waals surface area (Å²) in [5, 5.41) is 10.9. The van der Waals surface area contributed by atoms with Gasteiger partial charge in [-0.3, -0.25) is 0 Å². The van der Waals surface area contributed by atoms with E-state index in [4.69, 9.17) is 27.3 Å². The largest absolute Gasteiger partial charge is 0.484 e. The van der Waals surface area contributed by atoms with Crippen molar-refractivity contribution >= 4 is 33.4 Å². The highest BCUT2D eigenvalue weighted by Crippen LogP contribution is 2.30. The van der Waals surface area contributed by atoms with Gasteiger partial charge in [0.25, 0.3) is 0 Å². The molecule has 0 heterocycles. The number of hydrogen-bond donors (Lipinski definition) is 2. The van der Waals surface area contributed by atoms with E-state index in [0.717, 1.165) is 6.07 Å². The maximum Gasteiger partial charge on any atom is 0.177 e. The Morgan fingerprint density at radius 3 is 2.93 bits per heavy atom. The maximum absolute atomic E-state index is 13.0. The number of rotatable bonds is 3. The maximum atomic E-state index is 13.0. The molecule has 0 atom stereocenters. The lowest BCUT2D eigenvalue weighted by atomic mass is 10.3. The fraction of sp³-hybridized carbons (Fsp3) is 0.125. The first kappa shape index (κ1) is 12.1. The molecule has 4 nitrogen and oxygen atoms in total. The highest BCUT2D eigenvalue weighted by molar-refractivity contribution is 9.10. The summed E-state index contributed by atoms with van der Waals surface area (Å²) >= 11 is 8.66. The minimum atomic E-state index is -0.602. The Balaban J connectivity index is 2.82. The third kappa shape index (κ3) is 3.24. The van der Waals surface area contributed by atoms with Crippen molar-refractivity contribution in [2.75, 3.05) is 6.61 Å². The second-order valence-electron chi connectivity index (χ2n) is 2.58. The molecule has 1 rings (SSSR count). The first-order chi connectivity index (χ1) is 7.04. The predicted octanol–water partition coefficient (Wildman–Crippen LogP) is 2.37. The van der Waals surface area contributed by atoms with Crippen molar-refractivity contribution in [2.24, 2.45) is 10.9 Å². The SMILES string of the molecule is N/C(COc1cc(F)c(Cl)cc1Br)=N/O. The molecular weight excluding hydrogens is 290 g/mol. The molecule has 1 aromatic carbocycles. The quantitative estimate of drug-likeness (QED) is 0.296. The summed E-state index contributed by atoms with van der Waals surface area (Å²) in [6, 6.07) is 2.47. The van der Waals surface area contributed by atoms with Crippen LogP contribution >= 0.6 is 27.5 Å². The summed E-state index contributed by atoms with van der Waals surface area (Å²) in [5.74, 6) is -0.491. The Bertz CT molecular complexity index is 400. The number of nitrogens with zero attached hydrogens (tertiary/aromatic N) is 1. The van der Waals surface area contributed by atoms with Gasteiger partial charge in [0.1, 0.15) is 18.2 Å². The monoisotopic (exact) mass is 296 g/mol. The molecule has 0 aromatic heterocycles. The highest BCUT2D eigenvalue weighted by atomic mass is 79.9. The van der Waals surface area contributed by atoms with Crippen LogP contribution in [0.5, 0.6) is 5.75 Å². The van der Waals surface area contributed by atoms with Crippen molar-refractivity contribution in [1.82, 2.24) is 0 Å². The topological polar surface area (TPSA) is 67.8 Å². The normalized spacial score (nSPS) is 11.5. The average Bonchev–Trinajstić information content (AvgIpc) is 2.21. The molecule has 0 aliphatic heterocycles. The van der Waals surface area contributed by atoms with Gasteiger partial charge in [-0.2, -0.15) is 0 Å². The van der Waals surface area contributed by atoms with Crippen molar-refractivity contribution in [2.45, 2.75) is 0 Å². The molecule has 0 unspecified atom stereocenters. The first-order valence-corrected chi connectivity index (χ1v) is 4.95. The van der Waals surface area contributed by atoms with Crippen LogP contribution in [0.25, 0.3) is 0 Å². The summed E-state index contributed by atoms with van der Waals surface area (Å²) in [7, 11) is 0. The van der Waals surface area contributed by atoms with E-state index in [9.17, 15) is 4.39 Å². The number of nitrogens with two attached hydrogens (primary N) is 1. The minimum Gasteiger partial charge on any atom is -0.484 e. The van der Waals surface area contributed by atoms with Gasteiger partial charge in [-0.25, -0.2) is 4.39 Å². The lowest BCUT2D eigenvalue weighted by molar-refractivity contribution is 0.305. The predicted molar refractivity (Wildman–Crippen MR) is 58.0 cm³/mol. The molecule has 82 valence electrons. The van der Waals surface area contributed by atoms with Gasteiger partial charge in [-0.1, -0.05) is 16.8 Å². The fourth-order valence-electron chi connectivity index (χ4n) is 0.795. The number of benzene rings is 1. The van der Waals surface area contributed by atoms with E-state index >= 15 is 0 Å². The van der Waals surface area contributed by atoms with Gasteiger partial charge in [0, 0.05) is 6.07 Å². The van der Waals surface area contributed by atoms with Crippen molar-refractivity contribution in [3.8, 4) is 5.75 Å². The highest BCUT2D eigenvalue weighted by Gasteiger charge is 2.08. The molecule has 7 heteroatoms. The Hall–Kier alpha value is -1.01. The molecule has 0 saturated heterocycles. The number of amidine groups is 1. The van der Waals surface area contributed by atoms with E-state index in [1.807, 2.05) is 0 Å². The Kier molecular flexibility index (Phi) is 4.16. The van der Waals surface area contributed by atoms with Crippen LogP contribution in [-0.4, -0.2) is 17.6 Å². The zero-order valence-corrected chi connectivity index (χ0v) is 9.72. The second-order valence-corrected chi connectivity index (χ2v) is 3.84. The number of hydrogen-bond acceptors (Lipinski definition) is 3. The molecule has 15 heavy (non-hydrogen) atoms. The molecule has 1 aromatic rings. The van der Waals surface area contributed by atoms with Gasteiger partial charge in [-0.15, -0.1) is 0 Å². The van der Waals surface area contributed by atoms with Gasteiger partial charge in [0.2, 0.25) is 0 Å². The molecule has 0 spiro atoms. The molecule has 0 aliphatic rings. The van der Waals surface area contributed by atoms with Crippen LogP contribution in [0.4, 0.5) is 4.39 Å². The second kappa shape index (κ2) is 5.18. The van der Waals surface area contributed by atoms with Crippen LogP contribution in [0.1, 0.15) is 0 Å². The van der Waals surface area contributed by atoms with Crippen LogP contribution in [0.3, 0.4) is 0 Å². The third-order valence-corrected chi connectivity index (χ3v) is 2.39. The van der Waals surface area contributed by atoms with E-state index in [1.54, 1.807) is 0 Å². The number of oxime groups is 1. The summed E-state index contributed by atoms with van der Waals surface area (Å²) in [5.41, 5.74) is 5.18. The molecule has 3 N–H and O–H groups in total. The minimum absolute atomic E-state index is 0.0157. The van der Waals surface area contributed by atoms with E-state index in [1.165, 1.54) is 6.07 Å². The Morgan fingerprint density at radius 1 is 1.67 bits per heavy atom. The van der Waals surface area contributed by atoms with Gasteiger partial charge in [0.15, 0.2) is 5.84 Å². The number of ether oxygens (including phenoxy) is 1. The molecule has 0 radical (unpaired) electrons. The molecule has 0 amide bonds. The van der Waals surface area contributed by atoms with Gasteiger partial charge in [-0.05, 0) is 22.0 Å². The average molecular weight is 298 g/mol. The summed E-state index contributed by atoms with van der Waals surface area (Å²) < 4.78 is 18.6. The van der Waals surface area contributed by atoms with E-state index in [0.29, 0.717) is 4.47 Å². The standard InChI is InChI=1S/C8H7BrClFN2O2/c9-4-1-5(10)6(11)2-7(4)15-3-8(12)13-14/h1-2,14H,3H2,(H2,12,13). The van der Waals surface area contributed by atoms with Crippen LogP contribution in [0, 0.1) is 5.82 Å². The molecule has 0 aliphatic carbocycles. The summed E-state index contributed by atoms with van der Waals surface area (Å²) in [6.07, 6.45) is 0. The van der Waals surface area contributed by atoms with Gasteiger partial charge >= 0.3 is 0 Å².